The van der Waals surface area contributed by atoms with Crippen molar-refractivity contribution in [2.24, 2.45) is 0 Å². The highest BCUT2D eigenvalue weighted by atomic mass is 16.5. The smallest absolute Gasteiger partial charge is 0.226 e. The number of anilines is 1. The van der Waals surface area contributed by atoms with E-state index >= 15 is 0 Å². The zero-order valence-corrected chi connectivity index (χ0v) is 15.9. The van der Waals surface area contributed by atoms with Crippen LogP contribution in [0.25, 0.3) is 5.70 Å². The summed E-state index contributed by atoms with van der Waals surface area (Å²) in [4.78, 5) is 4.37. The molecule has 1 unspecified atom stereocenters. The van der Waals surface area contributed by atoms with Crippen LogP contribution >= 0.6 is 0 Å². The van der Waals surface area contributed by atoms with Gasteiger partial charge in [-0.2, -0.15) is 10.1 Å². The molecule has 0 saturated heterocycles. The van der Waals surface area contributed by atoms with Crippen LogP contribution in [0.2, 0.25) is 0 Å². The summed E-state index contributed by atoms with van der Waals surface area (Å²) in [5, 5.41) is 7.79. The van der Waals surface area contributed by atoms with Gasteiger partial charge in [0.15, 0.2) is 11.5 Å². The lowest BCUT2D eigenvalue weighted by Gasteiger charge is -2.26. The molecule has 0 amide bonds. The third kappa shape index (κ3) is 2.93. The Morgan fingerprint density at radius 2 is 1.89 bits per heavy atom. The van der Waals surface area contributed by atoms with Crippen LogP contribution in [0, 0.1) is 13.8 Å². The summed E-state index contributed by atoms with van der Waals surface area (Å²) in [5.41, 5.74) is 5.58. The molecule has 6 heteroatoms. The maximum Gasteiger partial charge on any atom is 0.226 e. The van der Waals surface area contributed by atoms with Gasteiger partial charge in [0.25, 0.3) is 0 Å². The van der Waals surface area contributed by atoms with Crippen molar-refractivity contribution in [1.82, 2.24) is 14.8 Å². The highest BCUT2D eigenvalue weighted by Gasteiger charge is 2.27. The third-order valence-corrected chi connectivity index (χ3v) is 4.98. The predicted molar refractivity (Wildman–Crippen MR) is 105 cm³/mol. The van der Waals surface area contributed by atoms with Gasteiger partial charge in [0.2, 0.25) is 5.95 Å². The molecule has 1 N–H and O–H groups in total. The molecule has 1 aliphatic rings. The largest absolute Gasteiger partial charge is 0.493 e. The van der Waals surface area contributed by atoms with Gasteiger partial charge in [-0.3, -0.25) is 0 Å². The molecule has 0 bridgehead atoms. The number of para-hydroxylation sites is 1. The van der Waals surface area contributed by atoms with Crippen molar-refractivity contribution in [3.05, 3.63) is 71.1 Å². The number of fused-ring (bicyclic) bond motifs is 1. The van der Waals surface area contributed by atoms with Gasteiger partial charge >= 0.3 is 0 Å². The molecule has 0 radical (unpaired) electrons. The standard InChI is InChI=1S/C21H22N4O2/c1-13-8-9-15(10-14(13)2)17-11-18(25-21(24-17)22-12-23-25)16-6-5-7-19(26-3)20(16)27-4/h5-12,18H,1-4H3,(H,22,23,24). The second-order valence-electron chi connectivity index (χ2n) is 6.56. The second kappa shape index (κ2) is 6.79. The Hall–Kier alpha value is -3.28. The van der Waals surface area contributed by atoms with Gasteiger partial charge in [-0.25, -0.2) is 4.68 Å². The zero-order valence-electron chi connectivity index (χ0n) is 15.9. The SMILES string of the molecule is COc1cccc(C2C=C(c3ccc(C)c(C)c3)Nc3ncnn32)c1OC. The maximum atomic E-state index is 5.65. The van der Waals surface area contributed by atoms with E-state index in [4.69, 9.17) is 9.47 Å². The summed E-state index contributed by atoms with van der Waals surface area (Å²) in [6.45, 7) is 4.23. The molecule has 4 rings (SSSR count). The second-order valence-corrected chi connectivity index (χ2v) is 6.56. The Labute approximate surface area is 158 Å². The fourth-order valence-corrected chi connectivity index (χ4v) is 3.38. The third-order valence-electron chi connectivity index (χ3n) is 4.98. The number of nitrogens with one attached hydrogen (secondary N) is 1. The van der Waals surface area contributed by atoms with E-state index in [9.17, 15) is 0 Å². The van der Waals surface area contributed by atoms with Crippen LogP contribution in [0.5, 0.6) is 11.5 Å². The van der Waals surface area contributed by atoms with E-state index in [0.717, 1.165) is 16.8 Å². The molecule has 0 spiro atoms. The molecule has 3 aromatic rings. The fraction of sp³-hybridized carbons (Fsp3) is 0.238. The molecule has 6 nitrogen and oxygen atoms in total. The molecule has 2 aromatic carbocycles. The van der Waals surface area contributed by atoms with Crippen LogP contribution in [-0.4, -0.2) is 29.0 Å². The Balaban J connectivity index is 1.86. The van der Waals surface area contributed by atoms with Gasteiger partial charge in [0.1, 0.15) is 12.4 Å². The summed E-state index contributed by atoms with van der Waals surface area (Å²) >= 11 is 0. The van der Waals surface area contributed by atoms with Crippen LogP contribution in [0.1, 0.15) is 28.3 Å². The lowest BCUT2D eigenvalue weighted by atomic mass is 9.98. The average molecular weight is 362 g/mol. The maximum absolute atomic E-state index is 5.65. The number of nitrogens with zero attached hydrogens (tertiary/aromatic N) is 3. The molecule has 0 saturated carbocycles. The number of benzene rings is 2. The van der Waals surface area contributed by atoms with Gasteiger partial charge in [-0.05, 0) is 48.7 Å². The van der Waals surface area contributed by atoms with Crippen molar-refractivity contribution in [2.75, 3.05) is 19.5 Å². The van der Waals surface area contributed by atoms with E-state index in [0.29, 0.717) is 17.4 Å². The van der Waals surface area contributed by atoms with E-state index in [2.05, 4.69) is 53.5 Å². The topological polar surface area (TPSA) is 61.2 Å². The minimum atomic E-state index is -0.162. The van der Waals surface area contributed by atoms with Crippen LogP contribution in [-0.2, 0) is 0 Å². The number of methoxy groups -OCH3 is 2. The molecule has 138 valence electrons. The van der Waals surface area contributed by atoms with E-state index < -0.39 is 0 Å². The Morgan fingerprint density at radius 3 is 2.63 bits per heavy atom. The molecule has 0 aliphatic carbocycles. The number of aryl methyl sites for hydroxylation is 2. The quantitative estimate of drug-likeness (QED) is 0.761. The Kier molecular flexibility index (Phi) is 4.32. The van der Waals surface area contributed by atoms with Gasteiger partial charge < -0.3 is 14.8 Å². The van der Waals surface area contributed by atoms with Crippen LogP contribution in [0.3, 0.4) is 0 Å². The number of aromatic nitrogens is 3. The number of rotatable bonds is 4. The van der Waals surface area contributed by atoms with Crippen LogP contribution < -0.4 is 14.8 Å². The summed E-state index contributed by atoms with van der Waals surface area (Å²) in [6, 6.07) is 12.1. The predicted octanol–water partition coefficient (Wildman–Crippen LogP) is 3.97. The lowest BCUT2D eigenvalue weighted by molar-refractivity contribution is 0.349. The van der Waals surface area contributed by atoms with E-state index in [1.54, 1.807) is 20.5 Å². The average Bonchev–Trinajstić information content (AvgIpc) is 3.17. The van der Waals surface area contributed by atoms with Crippen molar-refractivity contribution < 1.29 is 9.47 Å². The summed E-state index contributed by atoms with van der Waals surface area (Å²) < 4.78 is 13.0. The normalized spacial score (nSPS) is 15.6. The fourth-order valence-electron chi connectivity index (χ4n) is 3.38. The number of ether oxygens (including phenoxy) is 2. The van der Waals surface area contributed by atoms with E-state index in [-0.39, 0.29) is 6.04 Å². The first-order valence-electron chi connectivity index (χ1n) is 8.79. The monoisotopic (exact) mass is 362 g/mol. The van der Waals surface area contributed by atoms with Crippen molar-refractivity contribution in [3.63, 3.8) is 0 Å². The van der Waals surface area contributed by atoms with E-state index in [1.807, 2.05) is 22.9 Å². The summed E-state index contributed by atoms with van der Waals surface area (Å²) in [6.07, 6.45) is 3.70. The van der Waals surface area contributed by atoms with Crippen LogP contribution in [0.4, 0.5) is 5.95 Å². The highest BCUT2D eigenvalue weighted by Crippen LogP contribution is 2.40. The van der Waals surface area contributed by atoms with Gasteiger partial charge in [-0.15, -0.1) is 0 Å². The molecule has 1 aromatic heterocycles. The first-order valence-corrected chi connectivity index (χ1v) is 8.79. The minimum Gasteiger partial charge on any atom is -0.493 e. The lowest BCUT2D eigenvalue weighted by Crippen LogP contribution is -2.21. The molecule has 0 fully saturated rings. The Morgan fingerprint density at radius 1 is 1.04 bits per heavy atom. The molecule has 1 atom stereocenters. The highest BCUT2D eigenvalue weighted by molar-refractivity contribution is 5.78. The number of hydrogen-bond donors (Lipinski definition) is 1. The molecular formula is C21H22N4O2. The molecule has 2 heterocycles. The van der Waals surface area contributed by atoms with Gasteiger partial charge in [0.05, 0.1) is 14.2 Å². The molecular weight excluding hydrogens is 340 g/mol. The minimum absolute atomic E-state index is 0.162. The zero-order chi connectivity index (χ0) is 19.0. The van der Waals surface area contributed by atoms with Crippen molar-refractivity contribution in [3.8, 4) is 11.5 Å². The van der Waals surface area contributed by atoms with Crippen molar-refractivity contribution in [2.45, 2.75) is 19.9 Å². The molecule has 27 heavy (non-hydrogen) atoms. The number of hydrogen-bond acceptors (Lipinski definition) is 5. The first kappa shape index (κ1) is 17.1. The van der Waals surface area contributed by atoms with Crippen molar-refractivity contribution >= 4 is 11.6 Å². The van der Waals surface area contributed by atoms with Gasteiger partial charge in [-0.1, -0.05) is 24.3 Å². The Bertz CT molecular complexity index is 1020. The van der Waals surface area contributed by atoms with E-state index in [1.165, 1.54) is 11.1 Å². The first-order chi connectivity index (χ1) is 13.1. The van der Waals surface area contributed by atoms with Crippen molar-refractivity contribution in [1.29, 1.82) is 0 Å². The number of allylic oxidation sites excluding steroid dienone is 1. The summed E-state index contributed by atoms with van der Waals surface area (Å²) in [7, 11) is 3.29. The molecule has 1 aliphatic heterocycles. The summed E-state index contributed by atoms with van der Waals surface area (Å²) in [5.74, 6) is 2.08. The van der Waals surface area contributed by atoms with Crippen LogP contribution in [0.15, 0.2) is 48.8 Å². The van der Waals surface area contributed by atoms with Gasteiger partial charge in [0, 0.05) is 11.3 Å².